The topological polar surface area (TPSA) is 12.0 Å². The van der Waals surface area contributed by atoms with Crippen LogP contribution < -0.4 is 5.32 Å². The molecule has 2 aromatic carbocycles. The van der Waals surface area contributed by atoms with E-state index in [1.54, 1.807) is 7.05 Å². The molecule has 0 aliphatic heterocycles. The molecule has 0 aromatic heterocycles. The zero-order valence-electron chi connectivity index (χ0n) is 9.75. The first-order valence-electron chi connectivity index (χ1n) is 5.50. The van der Waals surface area contributed by atoms with E-state index in [1.165, 1.54) is 18.2 Å². The van der Waals surface area contributed by atoms with Gasteiger partial charge in [0.1, 0.15) is 11.6 Å². The maximum absolute atomic E-state index is 13.8. The molecule has 1 atom stereocenters. The lowest BCUT2D eigenvalue weighted by Gasteiger charge is -2.19. The number of halogens is 3. The average Bonchev–Trinajstić information content (AvgIpc) is 2.35. The second-order valence-corrected chi connectivity index (χ2v) is 5.04. The Morgan fingerprint density at radius 1 is 1.00 bits per heavy atom. The van der Waals surface area contributed by atoms with Crippen molar-refractivity contribution in [3.63, 3.8) is 0 Å². The Bertz CT molecular complexity index is 537. The van der Waals surface area contributed by atoms with Crippen LogP contribution in [-0.2, 0) is 0 Å². The average molecular weight is 359 g/mol. The van der Waals surface area contributed by atoms with Crippen LogP contribution in [-0.4, -0.2) is 7.05 Å². The molecule has 0 spiro atoms. The molecule has 94 valence electrons. The van der Waals surface area contributed by atoms with Gasteiger partial charge in [-0.05, 0) is 53.4 Å². The lowest BCUT2D eigenvalue weighted by Crippen LogP contribution is -2.21. The molecule has 0 bridgehead atoms. The summed E-state index contributed by atoms with van der Waals surface area (Å²) in [6, 6.07) is 11.0. The molecule has 1 N–H and O–H groups in total. The van der Waals surface area contributed by atoms with Gasteiger partial charge >= 0.3 is 0 Å². The Morgan fingerprint density at radius 2 is 1.61 bits per heavy atom. The number of hydrogen-bond acceptors (Lipinski definition) is 1. The van der Waals surface area contributed by atoms with Gasteiger partial charge in [0.25, 0.3) is 0 Å². The van der Waals surface area contributed by atoms with Crippen LogP contribution in [0.3, 0.4) is 0 Å². The summed E-state index contributed by atoms with van der Waals surface area (Å²) in [7, 11) is 1.69. The largest absolute Gasteiger partial charge is 0.309 e. The van der Waals surface area contributed by atoms with E-state index in [-0.39, 0.29) is 5.56 Å². The van der Waals surface area contributed by atoms with Crippen LogP contribution in [0.2, 0.25) is 0 Å². The highest BCUT2D eigenvalue weighted by Gasteiger charge is 2.21. The van der Waals surface area contributed by atoms with E-state index < -0.39 is 17.7 Å². The molecule has 0 fully saturated rings. The predicted molar refractivity (Wildman–Crippen MR) is 76.4 cm³/mol. The number of hydrogen-bond donors (Lipinski definition) is 1. The predicted octanol–water partition coefficient (Wildman–Crippen LogP) is 3.88. The fraction of sp³-hybridized carbons (Fsp3) is 0.143. The standard InChI is InChI=1S/C14H12F2IN/c1-18-14(9-5-2-3-8-12(9)17)13-10(15)6-4-7-11(13)16/h2-8,14,18H,1H3. The maximum atomic E-state index is 13.8. The first kappa shape index (κ1) is 13.4. The summed E-state index contributed by atoms with van der Waals surface area (Å²) in [6.45, 7) is 0. The fourth-order valence-electron chi connectivity index (χ4n) is 1.95. The van der Waals surface area contributed by atoms with Gasteiger partial charge in [-0.2, -0.15) is 0 Å². The molecular formula is C14H12F2IN. The van der Waals surface area contributed by atoms with Crippen molar-refractivity contribution in [1.82, 2.24) is 5.32 Å². The molecule has 0 saturated carbocycles. The zero-order chi connectivity index (χ0) is 13.1. The van der Waals surface area contributed by atoms with E-state index >= 15 is 0 Å². The molecule has 18 heavy (non-hydrogen) atoms. The van der Waals surface area contributed by atoms with Gasteiger partial charge in [-0.25, -0.2) is 8.78 Å². The van der Waals surface area contributed by atoms with Gasteiger partial charge in [0, 0.05) is 9.13 Å². The van der Waals surface area contributed by atoms with E-state index in [2.05, 4.69) is 27.9 Å². The quantitative estimate of drug-likeness (QED) is 0.821. The van der Waals surface area contributed by atoms with Crippen LogP contribution in [0.5, 0.6) is 0 Å². The van der Waals surface area contributed by atoms with E-state index in [1.807, 2.05) is 24.3 Å². The molecule has 0 aliphatic rings. The molecule has 2 aromatic rings. The van der Waals surface area contributed by atoms with E-state index in [9.17, 15) is 8.78 Å². The lowest BCUT2D eigenvalue weighted by molar-refractivity contribution is 0.521. The van der Waals surface area contributed by atoms with Gasteiger partial charge in [-0.3, -0.25) is 0 Å². The molecule has 2 rings (SSSR count). The van der Waals surface area contributed by atoms with Gasteiger partial charge < -0.3 is 5.32 Å². The number of benzene rings is 2. The SMILES string of the molecule is CNC(c1ccccc1I)c1c(F)cccc1F. The highest BCUT2D eigenvalue weighted by atomic mass is 127. The summed E-state index contributed by atoms with van der Waals surface area (Å²) in [4.78, 5) is 0. The second-order valence-electron chi connectivity index (χ2n) is 3.88. The minimum atomic E-state index is -0.533. The molecule has 0 aliphatic carbocycles. The van der Waals surface area contributed by atoms with E-state index in [0.717, 1.165) is 9.13 Å². The zero-order valence-corrected chi connectivity index (χ0v) is 11.9. The summed E-state index contributed by atoms with van der Waals surface area (Å²) >= 11 is 2.16. The first-order chi connectivity index (χ1) is 8.65. The molecular weight excluding hydrogens is 347 g/mol. The lowest BCUT2D eigenvalue weighted by atomic mass is 9.98. The Kier molecular flexibility index (Phi) is 4.29. The number of rotatable bonds is 3. The summed E-state index contributed by atoms with van der Waals surface area (Å²) in [6.07, 6.45) is 0. The van der Waals surface area contributed by atoms with E-state index in [0.29, 0.717) is 0 Å². The summed E-state index contributed by atoms with van der Waals surface area (Å²) in [5.74, 6) is -1.07. The van der Waals surface area contributed by atoms with Gasteiger partial charge in [0.05, 0.1) is 6.04 Å². The fourth-order valence-corrected chi connectivity index (χ4v) is 2.65. The van der Waals surface area contributed by atoms with Crippen molar-refractivity contribution in [2.75, 3.05) is 7.05 Å². The molecule has 0 saturated heterocycles. The van der Waals surface area contributed by atoms with Gasteiger partial charge in [0.15, 0.2) is 0 Å². The van der Waals surface area contributed by atoms with Crippen LogP contribution in [0.25, 0.3) is 0 Å². The van der Waals surface area contributed by atoms with Crippen LogP contribution in [0.15, 0.2) is 42.5 Å². The molecule has 1 unspecified atom stereocenters. The van der Waals surface area contributed by atoms with Crippen molar-refractivity contribution in [1.29, 1.82) is 0 Å². The molecule has 4 heteroatoms. The molecule has 1 nitrogen and oxygen atoms in total. The minimum absolute atomic E-state index is 0.0594. The van der Waals surface area contributed by atoms with Crippen molar-refractivity contribution in [2.45, 2.75) is 6.04 Å². The van der Waals surface area contributed by atoms with Gasteiger partial charge in [-0.15, -0.1) is 0 Å². The Labute approximate surface area is 118 Å². The molecule has 0 amide bonds. The van der Waals surface area contributed by atoms with Crippen molar-refractivity contribution >= 4 is 22.6 Å². The Morgan fingerprint density at radius 3 is 2.17 bits per heavy atom. The summed E-state index contributed by atoms with van der Waals surface area (Å²) in [5.41, 5.74) is 0.925. The third kappa shape index (κ3) is 2.54. The highest BCUT2D eigenvalue weighted by Crippen LogP contribution is 2.29. The van der Waals surface area contributed by atoms with Gasteiger partial charge in [-0.1, -0.05) is 24.3 Å². The highest BCUT2D eigenvalue weighted by molar-refractivity contribution is 14.1. The van der Waals surface area contributed by atoms with Crippen LogP contribution in [0, 0.1) is 15.2 Å². The normalized spacial score (nSPS) is 12.4. The summed E-state index contributed by atoms with van der Waals surface area (Å²) in [5, 5.41) is 2.97. The smallest absolute Gasteiger partial charge is 0.131 e. The van der Waals surface area contributed by atoms with Crippen LogP contribution >= 0.6 is 22.6 Å². The first-order valence-corrected chi connectivity index (χ1v) is 6.58. The molecule has 0 radical (unpaired) electrons. The van der Waals surface area contributed by atoms with Crippen molar-refractivity contribution in [3.05, 3.63) is 68.8 Å². The third-order valence-corrected chi connectivity index (χ3v) is 3.78. The number of nitrogens with one attached hydrogen (secondary N) is 1. The van der Waals surface area contributed by atoms with E-state index in [4.69, 9.17) is 0 Å². The maximum Gasteiger partial charge on any atom is 0.131 e. The van der Waals surface area contributed by atoms with Crippen molar-refractivity contribution in [3.8, 4) is 0 Å². The van der Waals surface area contributed by atoms with Crippen LogP contribution in [0.1, 0.15) is 17.2 Å². The third-order valence-electron chi connectivity index (χ3n) is 2.79. The monoisotopic (exact) mass is 359 g/mol. The van der Waals surface area contributed by atoms with Crippen molar-refractivity contribution < 1.29 is 8.78 Å². The van der Waals surface area contributed by atoms with Crippen LogP contribution in [0.4, 0.5) is 8.78 Å². The Hall–Kier alpha value is -1.01. The molecule has 0 heterocycles. The van der Waals surface area contributed by atoms with Gasteiger partial charge in [0.2, 0.25) is 0 Å². The van der Waals surface area contributed by atoms with Crippen molar-refractivity contribution in [2.24, 2.45) is 0 Å². The minimum Gasteiger partial charge on any atom is -0.309 e. The second kappa shape index (κ2) is 5.75. The Balaban J connectivity index is 2.56. The summed E-state index contributed by atoms with van der Waals surface area (Å²) < 4.78 is 28.6.